The van der Waals surface area contributed by atoms with Crippen LogP contribution in [0.1, 0.15) is 32.1 Å². The number of hydrogen-bond acceptors (Lipinski definition) is 2. The average molecular weight is 224 g/mol. The maximum Gasteiger partial charge on any atom is 0.223 e. The maximum absolute atomic E-state index is 12.0. The Morgan fingerprint density at radius 2 is 2.12 bits per heavy atom. The second kappa shape index (κ2) is 5.17. The Morgan fingerprint density at radius 1 is 1.31 bits per heavy atom. The van der Waals surface area contributed by atoms with Gasteiger partial charge in [0.1, 0.15) is 0 Å². The number of fused-ring (bicyclic) bond motifs is 2. The first-order valence-electron chi connectivity index (χ1n) is 6.59. The molecule has 0 aliphatic heterocycles. The molecule has 3 heteroatoms. The van der Waals surface area contributed by atoms with E-state index in [4.69, 9.17) is 0 Å². The van der Waals surface area contributed by atoms with Gasteiger partial charge in [0.05, 0.1) is 0 Å². The molecule has 0 heterocycles. The van der Waals surface area contributed by atoms with Crippen molar-refractivity contribution in [3.05, 3.63) is 0 Å². The summed E-state index contributed by atoms with van der Waals surface area (Å²) in [5, 5.41) is 3.10. The molecule has 92 valence electrons. The summed E-state index contributed by atoms with van der Waals surface area (Å²) in [6, 6.07) is 0. The molecule has 1 amide bonds. The molecule has 0 spiro atoms. The Hall–Kier alpha value is -0.570. The van der Waals surface area contributed by atoms with Crippen molar-refractivity contribution in [2.45, 2.75) is 32.1 Å². The van der Waals surface area contributed by atoms with Gasteiger partial charge in [-0.05, 0) is 58.2 Å². The van der Waals surface area contributed by atoms with Gasteiger partial charge in [-0.3, -0.25) is 4.79 Å². The summed E-state index contributed by atoms with van der Waals surface area (Å²) >= 11 is 0. The second-order valence-electron chi connectivity index (χ2n) is 5.73. The van der Waals surface area contributed by atoms with Crippen LogP contribution in [-0.4, -0.2) is 38.0 Å². The largest absolute Gasteiger partial charge is 0.356 e. The zero-order chi connectivity index (χ0) is 11.5. The van der Waals surface area contributed by atoms with Crippen molar-refractivity contribution in [3.8, 4) is 0 Å². The van der Waals surface area contributed by atoms with Crippen LogP contribution < -0.4 is 5.32 Å². The summed E-state index contributed by atoms with van der Waals surface area (Å²) in [5.74, 6) is 2.24. The Labute approximate surface area is 98.6 Å². The molecule has 2 saturated carbocycles. The number of rotatable bonds is 5. The predicted molar refractivity (Wildman–Crippen MR) is 65.1 cm³/mol. The Morgan fingerprint density at radius 3 is 2.69 bits per heavy atom. The summed E-state index contributed by atoms with van der Waals surface area (Å²) in [6.45, 7) is 1.89. The van der Waals surface area contributed by atoms with Crippen LogP contribution in [0.4, 0.5) is 0 Å². The van der Waals surface area contributed by atoms with E-state index in [0.717, 1.165) is 31.8 Å². The van der Waals surface area contributed by atoms with Crippen LogP contribution in [0.2, 0.25) is 0 Å². The summed E-state index contributed by atoms with van der Waals surface area (Å²) < 4.78 is 0. The molecule has 0 radical (unpaired) electrons. The van der Waals surface area contributed by atoms with Crippen LogP contribution in [0.25, 0.3) is 0 Å². The van der Waals surface area contributed by atoms with E-state index < -0.39 is 0 Å². The maximum atomic E-state index is 12.0. The number of carbonyl (C=O) groups excluding carboxylic acids is 1. The van der Waals surface area contributed by atoms with Gasteiger partial charge in [0.2, 0.25) is 5.91 Å². The summed E-state index contributed by atoms with van der Waals surface area (Å²) in [7, 11) is 4.13. The monoisotopic (exact) mass is 224 g/mol. The first-order chi connectivity index (χ1) is 7.66. The van der Waals surface area contributed by atoms with Crippen molar-refractivity contribution in [1.29, 1.82) is 0 Å². The summed E-state index contributed by atoms with van der Waals surface area (Å²) in [5.41, 5.74) is 0. The van der Waals surface area contributed by atoms with Crippen LogP contribution in [-0.2, 0) is 4.79 Å². The van der Waals surface area contributed by atoms with Crippen LogP contribution >= 0.6 is 0 Å². The number of nitrogens with zero attached hydrogens (tertiary/aromatic N) is 1. The minimum Gasteiger partial charge on any atom is -0.356 e. The fourth-order valence-electron chi connectivity index (χ4n) is 3.30. The standard InChI is InChI=1S/C13H24N2O/c1-15(2)7-3-6-14-13(16)12-9-10-4-5-11(12)8-10/h10-12H,3-9H2,1-2H3,(H,14,16). The molecule has 3 nitrogen and oxygen atoms in total. The highest BCUT2D eigenvalue weighted by Crippen LogP contribution is 2.48. The van der Waals surface area contributed by atoms with E-state index in [2.05, 4.69) is 24.3 Å². The van der Waals surface area contributed by atoms with E-state index in [9.17, 15) is 4.79 Å². The van der Waals surface area contributed by atoms with Gasteiger partial charge in [-0.25, -0.2) is 0 Å². The van der Waals surface area contributed by atoms with Gasteiger partial charge in [-0.1, -0.05) is 6.42 Å². The van der Waals surface area contributed by atoms with E-state index in [0.29, 0.717) is 17.7 Å². The third-order valence-corrected chi connectivity index (χ3v) is 4.16. The zero-order valence-electron chi connectivity index (χ0n) is 10.5. The Bertz CT molecular complexity index is 252. The SMILES string of the molecule is CN(C)CCCNC(=O)C1CC2CCC1C2. The highest BCUT2D eigenvalue weighted by atomic mass is 16.1. The van der Waals surface area contributed by atoms with Gasteiger partial charge in [0.25, 0.3) is 0 Å². The van der Waals surface area contributed by atoms with Crippen LogP contribution in [0, 0.1) is 17.8 Å². The van der Waals surface area contributed by atoms with Gasteiger partial charge in [0, 0.05) is 12.5 Å². The third kappa shape index (κ3) is 2.76. The van der Waals surface area contributed by atoms with Crippen LogP contribution in [0.15, 0.2) is 0 Å². The van der Waals surface area contributed by atoms with Gasteiger partial charge in [-0.2, -0.15) is 0 Å². The molecule has 2 aliphatic carbocycles. The van der Waals surface area contributed by atoms with Gasteiger partial charge in [0.15, 0.2) is 0 Å². The Balaban J connectivity index is 1.65. The van der Waals surface area contributed by atoms with Crippen LogP contribution in [0.3, 0.4) is 0 Å². The zero-order valence-corrected chi connectivity index (χ0v) is 10.5. The number of carbonyl (C=O) groups is 1. The molecular weight excluding hydrogens is 200 g/mol. The van der Waals surface area contributed by atoms with Gasteiger partial charge in [-0.15, -0.1) is 0 Å². The van der Waals surface area contributed by atoms with E-state index >= 15 is 0 Å². The fraction of sp³-hybridized carbons (Fsp3) is 0.923. The molecule has 2 fully saturated rings. The summed E-state index contributed by atoms with van der Waals surface area (Å²) in [4.78, 5) is 14.1. The lowest BCUT2D eigenvalue weighted by Gasteiger charge is -2.21. The average Bonchev–Trinajstić information content (AvgIpc) is 2.85. The predicted octanol–water partition coefficient (Wildman–Crippen LogP) is 1.49. The molecule has 0 saturated heterocycles. The molecule has 1 N–H and O–H groups in total. The van der Waals surface area contributed by atoms with Crippen molar-refractivity contribution in [2.75, 3.05) is 27.2 Å². The molecule has 2 rings (SSSR count). The lowest BCUT2D eigenvalue weighted by Crippen LogP contribution is -2.35. The fourth-order valence-corrected chi connectivity index (χ4v) is 3.30. The lowest BCUT2D eigenvalue weighted by molar-refractivity contribution is -0.126. The van der Waals surface area contributed by atoms with E-state index in [1.807, 2.05) is 0 Å². The van der Waals surface area contributed by atoms with E-state index in [-0.39, 0.29) is 0 Å². The minimum absolute atomic E-state index is 0.325. The normalized spacial score (nSPS) is 32.3. The number of amides is 1. The first kappa shape index (κ1) is 11.9. The molecule has 0 aromatic heterocycles. The van der Waals surface area contributed by atoms with Crippen LogP contribution in [0.5, 0.6) is 0 Å². The van der Waals surface area contributed by atoms with Crippen molar-refractivity contribution in [1.82, 2.24) is 10.2 Å². The first-order valence-corrected chi connectivity index (χ1v) is 6.59. The van der Waals surface area contributed by atoms with E-state index in [1.54, 1.807) is 0 Å². The molecule has 3 atom stereocenters. The van der Waals surface area contributed by atoms with Crippen molar-refractivity contribution in [2.24, 2.45) is 17.8 Å². The molecule has 2 aliphatic rings. The second-order valence-corrected chi connectivity index (χ2v) is 5.73. The van der Waals surface area contributed by atoms with Gasteiger partial charge < -0.3 is 10.2 Å². The summed E-state index contributed by atoms with van der Waals surface area (Å²) in [6.07, 6.45) is 6.19. The third-order valence-electron chi connectivity index (χ3n) is 4.16. The highest BCUT2D eigenvalue weighted by Gasteiger charge is 2.42. The minimum atomic E-state index is 0.325. The number of nitrogens with one attached hydrogen (secondary N) is 1. The lowest BCUT2D eigenvalue weighted by atomic mass is 9.88. The molecule has 3 unspecified atom stereocenters. The molecule has 16 heavy (non-hydrogen) atoms. The number of hydrogen-bond donors (Lipinski definition) is 1. The molecule has 0 aromatic carbocycles. The smallest absolute Gasteiger partial charge is 0.223 e. The van der Waals surface area contributed by atoms with Crippen molar-refractivity contribution >= 4 is 5.91 Å². The van der Waals surface area contributed by atoms with Crippen molar-refractivity contribution < 1.29 is 4.79 Å². The van der Waals surface area contributed by atoms with E-state index in [1.165, 1.54) is 19.3 Å². The molecular formula is C13H24N2O. The molecule has 0 aromatic rings. The topological polar surface area (TPSA) is 32.3 Å². The highest BCUT2D eigenvalue weighted by molar-refractivity contribution is 5.79. The quantitative estimate of drug-likeness (QED) is 0.718. The van der Waals surface area contributed by atoms with Gasteiger partial charge >= 0.3 is 0 Å². The Kier molecular flexibility index (Phi) is 3.85. The molecule has 2 bridgehead atoms. The van der Waals surface area contributed by atoms with Crippen molar-refractivity contribution in [3.63, 3.8) is 0 Å².